The van der Waals surface area contributed by atoms with Gasteiger partial charge in [-0.15, -0.1) is 0 Å². The van der Waals surface area contributed by atoms with Gasteiger partial charge >= 0.3 is 0 Å². The molecular weight excluding hydrogens is 432 g/mol. The molecule has 0 aliphatic heterocycles. The molecule has 0 atom stereocenters. The number of aromatic nitrogens is 2. The van der Waals surface area contributed by atoms with Gasteiger partial charge in [-0.05, 0) is 44.5 Å². The number of hydrogen-bond donors (Lipinski definition) is 1. The van der Waals surface area contributed by atoms with Crippen molar-refractivity contribution < 1.29 is 14.3 Å². The Bertz CT molecular complexity index is 1300. The number of carbonyl (C=O) groups is 1. The third-order valence-corrected chi connectivity index (χ3v) is 5.22. The van der Waals surface area contributed by atoms with Crippen molar-refractivity contribution in [2.75, 3.05) is 18.5 Å². The highest BCUT2D eigenvalue weighted by Crippen LogP contribution is 2.33. The van der Waals surface area contributed by atoms with Crippen LogP contribution in [0.1, 0.15) is 31.5 Å². The van der Waals surface area contributed by atoms with Crippen molar-refractivity contribution >= 4 is 17.7 Å². The number of para-hydroxylation sites is 2. The van der Waals surface area contributed by atoms with E-state index in [4.69, 9.17) is 9.47 Å². The van der Waals surface area contributed by atoms with Gasteiger partial charge in [-0.1, -0.05) is 37.3 Å². The highest BCUT2D eigenvalue weighted by Gasteiger charge is 2.20. The second-order valence-corrected chi connectivity index (χ2v) is 7.52. The fourth-order valence-electron chi connectivity index (χ4n) is 3.47. The van der Waals surface area contributed by atoms with Gasteiger partial charge in [0.05, 0.1) is 24.6 Å². The molecule has 0 fully saturated rings. The Morgan fingerprint density at radius 1 is 1.12 bits per heavy atom. The lowest BCUT2D eigenvalue weighted by atomic mass is 10.1. The minimum Gasteiger partial charge on any atom is -0.490 e. The van der Waals surface area contributed by atoms with Crippen LogP contribution in [0.15, 0.2) is 58.9 Å². The predicted octanol–water partition coefficient (Wildman–Crippen LogP) is 4.22. The van der Waals surface area contributed by atoms with Crippen molar-refractivity contribution in [3.8, 4) is 23.3 Å². The van der Waals surface area contributed by atoms with Crippen LogP contribution >= 0.6 is 0 Å². The molecule has 1 heterocycles. The first-order chi connectivity index (χ1) is 16.4. The van der Waals surface area contributed by atoms with Gasteiger partial charge < -0.3 is 14.8 Å². The molecule has 176 valence electrons. The Labute approximate surface area is 198 Å². The summed E-state index contributed by atoms with van der Waals surface area (Å²) in [6.07, 6.45) is 2.23. The van der Waals surface area contributed by atoms with Crippen molar-refractivity contribution in [1.29, 1.82) is 5.26 Å². The Morgan fingerprint density at radius 2 is 1.85 bits per heavy atom. The Balaban J connectivity index is 1.98. The number of hydrogen-bond acceptors (Lipinski definition) is 5. The maximum absolute atomic E-state index is 13.1. The van der Waals surface area contributed by atoms with Crippen molar-refractivity contribution in [2.45, 2.75) is 27.2 Å². The van der Waals surface area contributed by atoms with Gasteiger partial charge in [0, 0.05) is 12.6 Å². The smallest absolute Gasteiger partial charge is 0.295 e. The summed E-state index contributed by atoms with van der Waals surface area (Å²) in [5.41, 5.74) is 1.33. The number of carbonyl (C=O) groups excluding carboxylic acids is 1. The minimum atomic E-state index is -0.684. The highest BCUT2D eigenvalue weighted by molar-refractivity contribution is 6.10. The number of nitrogens with zero attached hydrogens (tertiary/aromatic N) is 3. The third-order valence-electron chi connectivity index (χ3n) is 5.22. The fraction of sp³-hybridized carbons (Fsp3) is 0.269. The van der Waals surface area contributed by atoms with Gasteiger partial charge in [0.1, 0.15) is 17.3 Å². The molecule has 0 aliphatic rings. The first-order valence-corrected chi connectivity index (χ1v) is 11.1. The molecule has 8 heteroatoms. The van der Waals surface area contributed by atoms with E-state index in [0.29, 0.717) is 41.7 Å². The lowest BCUT2D eigenvalue weighted by Gasteiger charge is -2.14. The first-order valence-electron chi connectivity index (χ1n) is 11.1. The van der Waals surface area contributed by atoms with Crippen molar-refractivity contribution in [3.63, 3.8) is 0 Å². The zero-order chi connectivity index (χ0) is 24.7. The predicted molar refractivity (Wildman–Crippen MR) is 131 cm³/mol. The molecule has 8 nitrogen and oxygen atoms in total. The molecule has 2 aromatic carbocycles. The summed E-state index contributed by atoms with van der Waals surface area (Å²) in [6, 6.07) is 16.3. The van der Waals surface area contributed by atoms with Gasteiger partial charge in [-0.2, -0.15) is 5.26 Å². The summed E-state index contributed by atoms with van der Waals surface area (Å²) in [4.78, 5) is 26.1. The van der Waals surface area contributed by atoms with E-state index in [9.17, 15) is 14.9 Å². The molecule has 0 saturated heterocycles. The second-order valence-electron chi connectivity index (χ2n) is 7.52. The molecule has 0 bridgehead atoms. The van der Waals surface area contributed by atoms with E-state index < -0.39 is 5.91 Å². The van der Waals surface area contributed by atoms with E-state index in [2.05, 4.69) is 5.32 Å². The standard InChI is InChI=1S/C26H28N4O4/c1-5-15-34-24-19(11-10-14-22(24)33-6-2)16-20(17-27)25(31)28-23-18(3)29(4)30(26(23)32)21-12-8-7-9-13-21/h7-14,16H,5-6,15H2,1-4H3,(H,28,31)/b20-16+. The number of ether oxygens (including phenoxy) is 2. The summed E-state index contributed by atoms with van der Waals surface area (Å²) in [7, 11) is 1.73. The summed E-state index contributed by atoms with van der Waals surface area (Å²) < 4.78 is 14.6. The lowest BCUT2D eigenvalue weighted by molar-refractivity contribution is -0.112. The van der Waals surface area contributed by atoms with Crippen LogP contribution in [0.2, 0.25) is 0 Å². The molecule has 1 N–H and O–H groups in total. The van der Waals surface area contributed by atoms with Gasteiger partial charge in [0.15, 0.2) is 11.5 Å². The number of rotatable bonds is 9. The lowest BCUT2D eigenvalue weighted by Crippen LogP contribution is -2.23. The number of anilines is 1. The molecule has 0 radical (unpaired) electrons. The molecule has 0 unspecified atom stereocenters. The maximum atomic E-state index is 13.1. The quantitative estimate of drug-likeness (QED) is 0.381. The van der Waals surface area contributed by atoms with Crippen LogP contribution in [-0.2, 0) is 11.8 Å². The van der Waals surface area contributed by atoms with E-state index in [0.717, 1.165) is 6.42 Å². The van der Waals surface area contributed by atoms with Gasteiger partial charge in [0.2, 0.25) is 0 Å². The van der Waals surface area contributed by atoms with Gasteiger partial charge in [0.25, 0.3) is 11.5 Å². The zero-order valence-corrected chi connectivity index (χ0v) is 19.8. The van der Waals surface area contributed by atoms with Crippen molar-refractivity contribution in [2.24, 2.45) is 7.05 Å². The van der Waals surface area contributed by atoms with E-state index in [1.807, 2.05) is 38.1 Å². The Morgan fingerprint density at radius 3 is 2.50 bits per heavy atom. The van der Waals surface area contributed by atoms with E-state index in [1.54, 1.807) is 49.0 Å². The molecule has 3 rings (SSSR count). The van der Waals surface area contributed by atoms with Crippen LogP contribution in [0.5, 0.6) is 11.5 Å². The Kier molecular flexibility index (Phi) is 7.93. The summed E-state index contributed by atoms with van der Waals surface area (Å²) in [6.45, 7) is 6.49. The average Bonchev–Trinajstić information content (AvgIpc) is 3.05. The second kappa shape index (κ2) is 11.1. The largest absolute Gasteiger partial charge is 0.490 e. The maximum Gasteiger partial charge on any atom is 0.295 e. The fourth-order valence-corrected chi connectivity index (χ4v) is 3.47. The molecular formula is C26H28N4O4. The van der Waals surface area contributed by atoms with Gasteiger partial charge in [-0.3, -0.25) is 14.3 Å². The van der Waals surface area contributed by atoms with Crippen LogP contribution in [0.3, 0.4) is 0 Å². The average molecular weight is 461 g/mol. The summed E-state index contributed by atoms with van der Waals surface area (Å²) >= 11 is 0. The van der Waals surface area contributed by atoms with Crippen LogP contribution in [0.4, 0.5) is 5.69 Å². The number of nitriles is 1. The molecule has 1 aromatic heterocycles. The van der Waals surface area contributed by atoms with Crippen LogP contribution in [0.25, 0.3) is 11.8 Å². The monoisotopic (exact) mass is 460 g/mol. The van der Waals surface area contributed by atoms with E-state index in [-0.39, 0.29) is 16.8 Å². The minimum absolute atomic E-state index is 0.114. The number of benzene rings is 2. The number of nitrogens with one attached hydrogen (secondary N) is 1. The third kappa shape index (κ3) is 5.04. The molecule has 0 saturated carbocycles. The topological polar surface area (TPSA) is 98.3 Å². The Hall–Kier alpha value is -4.25. The normalized spacial score (nSPS) is 11.1. The molecule has 3 aromatic rings. The highest BCUT2D eigenvalue weighted by atomic mass is 16.5. The summed E-state index contributed by atoms with van der Waals surface area (Å²) in [5.74, 6) is 0.317. The molecule has 0 spiro atoms. The van der Waals surface area contributed by atoms with Crippen LogP contribution in [0, 0.1) is 18.3 Å². The molecule has 0 aliphatic carbocycles. The molecule has 34 heavy (non-hydrogen) atoms. The summed E-state index contributed by atoms with van der Waals surface area (Å²) in [5, 5.41) is 12.3. The van der Waals surface area contributed by atoms with Crippen molar-refractivity contribution in [1.82, 2.24) is 9.36 Å². The van der Waals surface area contributed by atoms with Crippen LogP contribution < -0.4 is 20.3 Å². The SMILES string of the molecule is CCCOc1c(/C=C(\C#N)C(=O)Nc2c(C)n(C)n(-c3ccccc3)c2=O)cccc1OCC. The molecule has 1 amide bonds. The van der Waals surface area contributed by atoms with Gasteiger partial charge in [-0.25, -0.2) is 4.68 Å². The first kappa shape index (κ1) is 24.4. The van der Waals surface area contributed by atoms with E-state index in [1.165, 1.54) is 10.8 Å². The van der Waals surface area contributed by atoms with Crippen LogP contribution in [-0.4, -0.2) is 28.5 Å². The number of amides is 1. The van der Waals surface area contributed by atoms with E-state index >= 15 is 0 Å². The van der Waals surface area contributed by atoms with Crippen molar-refractivity contribution in [3.05, 3.63) is 75.7 Å². The zero-order valence-electron chi connectivity index (χ0n) is 19.8.